The normalized spacial score (nSPS) is 11.7. The van der Waals surface area contributed by atoms with Gasteiger partial charge in [0.2, 0.25) is 11.7 Å². The van der Waals surface area contributed by atoms with Gasteiger partial charge in [-0.15, -0.1) is 31.8 Å². The first-order chi connectivity index (χ1) is 13.3. The number of nitrogens with one attached hydrogen (secondary N) is 1. The maximum Gasteiger partial charge on any atom is 0.218 e. The van der Waals surface area contributed by atoms with E-state index in [0.29, 0.717) is 11.5 Å². The second kappa shape index (κ2) is 6.30. The van der Waals surface area contributed by atoms with E-state index in [1.807, 2.05) is 66.0 Å². The van der Waals surface area contributed by atoms with Crippen LogP contribution in [-0.4, -0.2) is 20.3 Å². The topological polar surface area (TPSA) is 86.5 Å². The van der Waals surface area contributed by atoms with Crippen molar-refractivity contribution in [2.24, 2.45) is 10.2 Å². The summed E-state index contributed by atoms with van der Waals surface area (Å²) in [5.74, 6) is 0.392. The van der Waals surface area contributed by atoms with Gasteiger partial charge in [0, 0.05) is 16.2 Å². The lowest BCUT2D eigenvalue weighted by molar-refractivity contribution is 0.459. The van der Waals surface area contributed by atoms with E-state index in [1.165, 1.54) is 0 Å². The Balaban J connectivity index is 1.65. The minimum Gasteiger partial charge on any atom is -0.493 e. The molecule has 0 bridgehead atoms. The lowest BCUT2D eigenvalue weighted by Gasteiger charge is -2.04. The van der Waals surface area contributed by atoms with E-state index in [-0.39, 0.29) is 5.88 Å². The van der Waals surface area contributed by atoms with Gasteiger partial charge in [-0.2, -0.15) is 0 Å². The molecule has 5 aromatic rings. The molecule has 0 saturated carbocycles. The smallest absolute Gasteiger partial charge is 0.218 e. The van der Waals surface area contributed by atoms with Crippen molar-refractivity contribution < 1.29 is 5.11 Å². The summed E-state index contributed by atoms with van der Waals surface area (Å²) < 4.78 is 0. The fourth-order valence-electron chi connectivity index (χ4n) is 3.07. The molecule has 0 aliphatic carbocycles. The molecule has 0 fully saturated rings. The highest BCUT2D eigenvalue weighted by Gasteiger charge is 2.13. The standard InChI is InChI=1S/C20H13N5OS/c26-20-18(14-8-3-4-9-15(14)21-20)23-25-19-13-7-2-1-6-12(13)17(22-24-19)16-10-5-11-27-16/h1-11,21,26H. The van der Waals surface area contributed by atoms with Crippen LogP contribution in [-0.2, 0) is 0 Å². The maximum absolute atomic E-state index is 10.2. The van der Waals surface area contributed by atoms with Gasteiger partial charge < -0.3 is 10.1 Å². The van der Waals surface area contributed by atoms with Crippen molar-refractivity contribution in [2.75, 3.05) is 0 Å². The van der Waals surface area contributed by atoms with Crippen LogP contribution in [0.2, 0.25) is 0 Å². The van der Waals surface area contributed by atoms with Crippen molar-refractivity contribution in [2.45, 2.75) is 0 Å². The van der Waals surface area contributed by atoms with E-state index in [4.69, 9.17) is 0 Å². The summed E-state index contributed by atoms with van der Waals surface area (Å²) >= 11 is 1.62. The Morgan fingerprint density at radius 2 is 1.59 bits per heavy atom. The molecule has 0 amide bonds. The molecule has 6 nitrogen and oxygen atoms in total. The van der Waals surface area contributed by atoms with Crippen LogP contribution in [0, 0.1) is 0 Å². The van der Waals surface area contributed by atoms with Crippen molar-refractivity contribution in [1.82, 2.24) is 15.2 Å². The number of azo groups is 1. The lowest BCUT2D eigenvalue weighted by atomic mass is 10.1. The summed E-state index contributed by atoms with van der Waals surface area (Å²) in [6.07, 6.45) is 0. The van der Waals surface area contributed by atoms with E-state index in [2.05, 4.69) is 25.4 Å². The number of H-pyrrole nitrogens is 1. The highest BCUT2D eigenvalue weighted by atomic mass is 32.1. The molecule has 0 radical (unpaired) electrons. The average Bonchev–Trinajstić information content (AvgIpc) is 3.34. The van der Waals surface area contributed by atoms with Crippen LogP contribution in [0.15, 0.2) is 76.3 Å². The zero-order valence-electron chi connectivity index (χ0n) is 14.0. The minimum absolute atomic E-state index is 0.0209. The van der Waals surface area contributed by atoms with Gasteiger partial charge in [-0.3, -0.25) is 0 Å². The number of fused-ring (bicyclic) bond motifs is 2. The van der Waals surface area contributed by atoms with Gasteiger partial charge in [0.25, 0.3) is 0 Å². The highest BCUT2D eigenvalue weighted by Crippen LogP contribution is 2.37. The van der Waals surface area contributed by atoms with Crippen molar-refractivity contribution in [1.29, 1.82) is 0 Å². The van der Waals surface area contributed by atoms with E-state index in [1.54, 1.807) is 11.3 Å². The molecule has 130 valence electrons. The molecule has 5 rings (SSSR count). The molecular weight excluding hydrogens is 358 g/mol. The first-order valence-electron chi connectivity index (χ1n) is 8.32. The number of para-hydroxylation sites is 1. The van der Waals surface area contributed by atoms with Gasteiger partial charge in [-0.1, -0.05) is 48.5 Å². The van der Waals surface area contributed by atoms with Crippen LogP contribution in [0.25, 0.3) is 32.2 Å². The van der Waals surface area contributed by atoms with Crippen LogP contribution in [0.4, 0.5) is 11.5 Å². The molecule has 0 aliphatic rings. The summed E-state index contributed by atoms with van der Waals surface area (Å²) in [7, 11) is 0. The second-order valence-corrected chi connectivity index (χ2v) is 6.91. The monoisotopic (exact) mass is 371 g/mol. The fraction of sp³-hybridized carbons (Fsp3) is 0. The molecule has 0 aliphatic heterocycles. The molecule has 0 atom stereocenters. The first-order valence-corrected chi connectivity index (χ1v) is 9.20. The van der Waals surface area contributed by atoms with Gasteiger partial charge in [0.1, 0.15) is 5.69 Å². The quantitative estimate of drug-likeness (QED) is 0.384. The predicted molar refractivity (Wildman–Crippen MR) is 107 cm³/mol. The number of hydrogen-bond donors (Lipinski definition) is 2. The molecule has 0 saturated heterocycles. The molecule has 3 aromatic heterocycles. The molecule has 3 heterocycles. The number of hydrogen-bond acceptors (Lipinski definition) is 6. The van der Waals surface area contributed by atoms with Crippen LogP contribution < -0.4 is 0 Å². The number of rotatable bonds is 3. The Labute approximate surface area is 157 Å². The summed E-state index contributed by atoms with van der Waals surface area (Å²) in [4.78, 5) is 3.95. The molecule has 0 unspecified atom stereocenters. The highest BCUT2D eigenvalue weighted by molar-refractivity contribution is 7.13. The minimum atomic E-state index is -0.0209. The Morgan fingerprint density at radius 3 is 2.41 bits per heavy atom. The second-order valence-electron chi connectivity index (χ2n) is 5.96. The zero-order valence-corrected chi connectivity index (χ0v) is 14.8. The number of aromatic nitrogens is 3. The Hall–Kier alpha value is -3.58. The van der Waals surface area contributed by atoms with E-state index in [0.717, 1.165) is 32.2 Å². The third kappa shape index (κ3) is 2.65. The largest absolute Gasteiger partial charge is 0.493 e. The fourth-order valence-corrected chi connectivity index (χ4v) is 3.79. The van der Waals surface area contributed by atoms with Crippen LogP contribution in [0.5, 0.6) is 5.88 Å². The maximum atomic E-state index is 10.2. The average molecular weight is 371 g/mol. The summed E-state index contributed by atoms with van der Waals surface area (Å²) in [6, 6.07) is 19.4. The Kier molecular flexibility index (Phi) is 3.65. The third-order valence-corrected chi connectivity index (χ3v) is 5.20. The van der Waals surface area contributed by atoms with Crippen LogP contribution in [0.3, 0.4) is 0 Å². The number of benzene rings is 2. The third-order valence-electron chi connectivity index (χ3n) is 4.33. The number of thiophene rings is 1. The van der Waals surface area contributed by atoms with Crippen molar-refractivity contribution >= 4 is 44.5 Å². The van der Waals surface area contributed by atoms with E-state index < -0.39 is 0 Å². The first kappa shape index (κ1) is 15.7. The van der Waals surface area contributed by atoms with Crippen LogP contribution >= 0.6 is 11.3 Å². The molecule has 2 aromatic carbocycles. The van der Waals surface area contributed by atoms with E-state index >= 15 is 0 Å². The predicted octanol–water partition coefficient (Wildman–Crippen LogP) is 5.96. The van der Waals surface area contributed by atoms with Gasteiger partial charge in [-0.05, 0) is 17.5 Å². The lowest BCUT2D eigenvalue weighted by Crippen LogP contribution is -1.89. The molecule has 0 spiro atoms. The van der Waals surface area contributed by atoms with Crippen molar-refractivity contribution in [3.05, 3.63) is 66.0 Å². The van der Waals surface area contributed by atoms with Crippen LogP contribution in [0.1, 0.15) is 0 Å². The number of aromatic hydroxyl groups is 1. The molecular formula is C20H13N5OS. The zero-order chi connectivity index (χ0) is 18.2. The van der Waals surface area contributed by atoms with Gasteiger partial charge in [0.15, 0.2) is 5.69 Å². The van der Waals surface area contributed by atoms with E-state index in [9.17, 15) is 5.11 Å². The molecule has 7 heteroatoms. The van der Waals surface area contributed by atoms with Crippen molar-refractivity contribution in [3.8, 4) is 16.5 Å². The number of nitrogens with zero attached hydrogens (tertiary/aromatic N) is 4. The SMILES string of the molecule is Oc1[nH]c2ccccc2c1N=Nc1nnc(-c2cccs2)c2ccccc12. The Morgan fingerprint density at radius 1 is 0.815 bits per heavy atom. The van der Waals surface area contributed by atoms with Crippen molar-refractivity contribution in [3.63, 3.8) is 0 Å². The molecule has 27 heavy (non-hydrogen) atoms. The van der Waals surface area contributed by atoms with Gasteiger partial charge in [-0.25, -0.2) is 0 Å². The summed E-state index contributed by atoms with van der Waals surface area (Å²) in [5, 5.41) is 32.0. The summed E-state index contributed by atoms with van der Waals surface area (Å²) in [6.45, 7) is 0. The van der Waals surface area contributed by atoms with Gasteiger partial charge in [0.05, 0.1) is 10.4 Å². The Bertz CT molecular complexity index is 1290. The molecule has 2 N–H and O–H groups in total. The van der Waals surface area contributed by atoms with Gasteiger partial charge >= 0.3 is 0 Å². The summed E-state index contributed by atoms with van der Waals surface area (Å²) in [5.41, 5.74) is 2.02. The number of aromatic amines is 1.